The highest BCUT2D eigenvalue weighted by atomic mass is 16.5. The zero-order valence-corrected chi connectivity index (χ0v) is 17.6. The van der Waals surface area contributed by atoms with E-state index in [0.29, 0.717) is 31.7 Å². The van der Waals surface area contributed by atoms with E-state index in [9.17, 15) is 9.59 Å². The Morgan fingerprint density at radius 1 is 1.13 bits per heavy atom. The van der Waals surface area contributed by atoms with E-state index in [1.807, 2.05) is 30.3 Å². The molecule has 1 amide bonds. The third-order valence-electron chi connectivity index (χ3n) is 5.42. The minimum Gasteiger partial charge on any atom is -0.459 e. The Balaban J connectivity index is 1.90. The number of ether oxygens (including phenoxy) is 1. The van der Waals surface area contributed by atoms with Crippen LogP contribution in [0.4, 0.5) is 0 Å². The molecule has 8 heteroatoms. The van der Waals surface area contributed by atoms with E-state index in [1.54, 1.807) is 0 Å². The van der Waals surface area contributed by atoms with Gasteiger partial charge in [0.15, 0.2) is 5.96 Å². The van der Waals surface area contributed by atoms with Crippen LogP contribution in [0.2, 0.25) is 0 Å². The number of nitrogens with one attached hydrogen (secondary N) is 1. The lowest BCUT2D eigenvalue weighted by atomic mass is 9.85. The first kappa shape index (κ1) is 23.7. The maximum Gasteiger partial charge on any atom is 0.328 e. The fourth-order valence-electron chi connectivity index (χ4n) is 3.75. The summed E-state index contributed by atoms with van der Waals surface area (Å²) in [6, 6.07) is 7.98. The third kappa shape index (κ3) is 8.82. The summed E-state index contributed by atoms with van der Waals surface area (Å²) in [7, 11) is 0. The molecule has 2 rings (SSSR count). The SMILES string of the molecule is NC(N)=NCCC[C@H](NC(=O)[C@@H](N)CC1CCCCC1)C(=O)OCc1ccccc1. The number of carbonyl (C=O) groups is 2. The Kier molecular flexibility index (Phi) is 10.1. The van der Waals surface area contributed by atoms with Gasteiger partial charge >= 0.3 is 5.97 Å². The molecule has 0 bridgehead atoms. The van der Waals surface area contributed by atoms with Crippen molar-refractivity contribution in [1.29, 1.82) is 0 Å². The molecular formula is C22H35N5O3. The average molecular weight is 418 g/mol. The molecule has 0 heterocycles. The smallest absolute Gasteiger partial charge is 0.328 e. The van der Waals surface area contributed by atoms with Gasteiger partial charge in [-0.25, -0.2) is 4.79 Å². The van der Waals surface area contributed by atoms with Crippen molar-refractivity contribution in [3.8, 4) is 0 Å². The van der Waals surface area contributed by atoms with Crippen molar-refractivity contribution in [3.63, 3.8) is 0 Å². The van der Waals surface area contributed by atoms with Gasteiger partial charge in [0.25, 0.3) is 0 Å². The first-order valence-corrected chi connectivity index (χ1v) is 10.8. The van der Waals surface area contributed by atoms with E-state index in [1.165, 1.54) is 19.3 Å². The Bertz CT molecular complexity index is 685. The number of hydrogen-bond donors (Lipinski definition) is 4. The molecule has 1 aliphatic carbocycles. The molecule has 30 heavy (non-hydrogen) atoms. The Morgan fingerprint density at radius 3 is 2.50 bits per heavy atom. The number of esters is 1. The summed E-state index contributed by atoms with van der Waals surface area (Å²) >= 11 is 0. The number of benzene rings is 1. The summed E-state index contributed by atoms with van der Waals surface area (Å²) in [4.78, 5) is 29.2. The van der Waals surface area contributed by atoms with Crippen molar-refractivity contribution >= 4 is 17.8 Å². The van der Waals surface area contributed by atoms with Crippen molar-refractivity contribution in [2.24, 2.45) is 28.1 Å². The van der Waals surface area contributed by atoms with Crippen LogP contribution in [0.3, 0.4) is 0 Å². The van der Waals surface area contributed by atoms with E-state index in [4.69, 9.17) is 21.9 Å². The van der Waals surface area contributed by atoms with E-state index < -0.39 is 18.1 Å². The summed E-state index contributed by atoms with van der Waals surface area (Å²) in [6.07, 6.45) is 7.41. The molecule has 0 aromatic heterocycles. The van der Waals surface area contributed by atoms with Gasteiger partial charge < -0.3 is 27.3 Å². The average Bonchev–Trinajstić information content (AvgIpc) is 2.75. The van der Waals surface area contributed by atoms with Crippen LogP contribution in [0.25, 0.3) is 0 Å². The van der Waals surface area contributed by atoms with Gasteiger partial charge in [-0.3, -0.25) is 9.79 Å². The number of nitrogens with two attached hydrogens (primary N) is 3. The van der Waals surface area contributed by atoms with Crippen molar-refractivity contribution in [2.75, 3.05) is 6.54 Å². The lowest BCUT2D eigenvalue weighted by Crippen LogP contribution is -2.49. The zero-order valence-electron chi connectivity index (χ0n) is 17.6. The second-order valence-corrected chi connectivity index (χ2v) is 7.95. The molecule has 8 nitrogen and oxygen atoms in total. The standard InChI is InChI=1S/C22H35N5O3/c23-18(14-16-8-3-1-4-9-16)20(28)27-19(12-7-13-26-22(24)25)21(29)30-15-17-10-5-2-6-11-17/h2,5-6,10-11,16,18-19H,1,3-4,7-9,12-15,23H2,(H,27,28)(H4,24,25,26)/t18-,19-/m0/s1. The van der Waals surface area contributed by atoms with E-state index in [2.05, 4.69) is 10.3 Å². The molecule has 1 aromatic rings. The lowest BCUT2D eigenvalue weighted by molar-refractivity contribution is -0.149. The first-order chi connectivity index (χ1) is 14.5. The Hall–Kier alpha value is -2.61. The van der Waals surface area contributed by atoms with Crippen molar-refractivity contribution in [1.82, 2.24) is 5.32 Å². The molecule has 1 aliphatic rings. The van der Waals surface area contributed by atoms with Crippen LogP contribution in [-0.2, 0) is 20.9 Å². The topological polar surface area (TPSA) is 146 Å². The fourth-order valence-corrected chi connectivity index (χ4v) is 3.75. The van der Waals surface area contributed by atoms with Gasteiger partial charge in [0.05, 0.1) is 6.04 Å². The highest BCUT2D eigenvalue weighted by molar-refractivity contribution is 5.87. The molecule has 0 saturated heterocycles. The molecule has 1 fully saturated rings. The molecule has 7 N–H and O–H groups in total. The largest absolute Gasteiger partial charge is 0.459 e. The number of nitrogens with zero attached hydrogens (tertiary/aromatic N) is 1. The van der Waals surface area contributed by atoms with Gasteiger partial charge in [0.2, 0.25) is 5.91 Å². The van der Waals surface area contributed by atoms with Crippen molar-refractivity contribution in [2.45, 2.75) is 70.1 Å². The fraction of sp³-hybridized carbons (Fsp3) is 0.591. The summed E-state index contributed by atoms with van der Waals surface area (Å²) in [6.45, 7) is 0.517. The maximum absolute atomic E-state index is 12.6. The van der Waals surface area contributed by atoms with E-state index >= 15 is 0 Å². The summed E-state index contributed by atoms with van der Waals surface area (Å²) < 4.78 is 5.42. The number of amides is 1. The van der Waals surface area contributed by atoms with Gasteiger partial charge in [-0.2, -0.15) is 0 Å². The third-order valence-corrected chi connectivity index (χ3v) is 5.42. The van der Waals surface area contributed by atoms with Gasteiger partial charge in [-0.1, -0.05) is 62.4 Å². The molecule has 2 atom stereocenters. The second-order valence-electron chi connectivity index (χ2n) is 7.95. The Morgan fingerprint density at radius 2 is 1.83 bits per heavy atom. The minimum atomic E-state index is -0.784. The number of hydrogen-bond acceptors (Lipinski definition) is 5. The van der Waals surface area contributed by atoms with Crippen LogP contribution in [0, 0.1) is 5.92 Å². The summed E-state index contributed by atoms with van der Waals surface area (Å²) in [5, 5.41) is 2.78. The zero-order chi connectivity index (χ0) is 21.8. The number of rotatable bonds is 11. The van der Waals surface area contributed by atoms with Crippen LogP contribution in [0.5, 0.6) is 0 Å². The normalized spacial score (nSPS) is 16.3. The second kappa shape index (κ2) is 12.8. The molecule has 0 spiro atoms. The molecular weight excluding hydrogens is 382 g/mol. The Labute approximate surface area is 178 Å². The molecule has 0 radical (unpaired) electrons. The monoisotopic (exact) mass is 417 g/mol. The van der Waals surface area contributed by atoms with Crippen LogP contribution < -0.4 is 22.5 Å². The minimum absolute atomic E-state index is 0.00301. The van der Waals surface area contributed by atoms with Gasteiger partial charge in [-0.05, 0) is 30.7 Å². The molecule has 0 unspecified atom stereocenters. The summed E-state index contributed by atoms with van der Waals surface area (Å²) in [5.41, 5.74) is 17.7. The summed E-state index contributed by atoms with van der Waals surface area (Å²) in [5.74, 6) is -0.326. The molecule has 1 saturated carbocycles. The number of carbonyl (C=O) groups excluding carboxylic acids is 2. The highest BCUT2D eigenvalue weighted by Gasteiger charge is 2.27. The van der Waals surface area contributed by atoms with Crippen LogP contribution >= 0.6 is 0 Å². The highest BCUT2D eigenvalue weighted by Crippen LogP contribution is 2.27. The lowest BCUT2D eigenvalue weighted by Gasteiger charge is -2.25. The number of aliphatic imine (C=N–C) groups is 1. The van der Waals surface area contributed by atoms with Gasteiger partial charge in [0, 0.05) is 6.54 Å². The maximum atomic E-state index is 12.6. The van der Waals surface area contributed by atoms with Crippen molar-refractivity contribution in [3.05, 3.63) is 35.9 Å². The van der Waals surface area contributed by atoms with E-state index in [-0.39, 0.29) is 18.5 Å². The molecule has 166 valence electrons. The van der Waals surface area contributed by atoms with Gasteiger partial charge in [0.1, 0.15) is 12.6 Å². The van der Waals surface area contributed by atoms with Crippen LogP contribution in [0.15, 0.2) is 35.3 Å². The first-order valence-electron chi connectivity index (χ1n) is 10.8. The quantitative estimate of drug-likeness (QED) is 0.186. The van der Waals surface area contributed by atoms with Crippen LogP contribution in [0.1, 0.15) is 56.9 Å². The van der Waals surface area contributed by atoms with Crippen molar-refractivity contribution < 1.29 is 14.3 Å². The van der Waals surface area contributed by atoms with Gasteiger partial charge in [-0.15, -0.1) is 0 Å². The molecule has 1 aromatic carbocycles. The predicted molar refractivity (Wildman–Crippen MR) is 117 cm³/mol. The predicted octanol–water partition coefficient (Wildman–Crippen LogP) is 1.57. The molecule has 0 aliphatic heterocycles. The van der Waals surface area contributed by atoms with E-state index in [0.717, 1.165) is 18.4 Å². The number of guanidine groups is 1. The van der Waals surface area contributed by atoms with Crippen LogP contribution in [-0.4, -0.2) is 36.5 Å².